The van der Waals surface area contributed by atoms with Gasteiger partial charge in [-0.05, 0) is 58.4 Å². The van der Waals surface area contributed by atoms with Crippen LogP contribution in [0.4, 0.5) is 5.69 Å². The van der Waals surface area contributed by atoms with E-state index >= 15 is 0 Å². The molecule has 108 valence electrons. The van der Waals surface area contributed by atoms with Gasteiger partial charge >= 0.3 is 5.97 Å². The monoisotopic (exact) mass is 367 g/mol. The molecule has 1 N–H and O–H groups in total. The molecule has 1 amide bonds. The van der Waals surface area contributed by atoms with Gasteiger partial charge in [0.15, 0.2) is 0 Å². The number of nitrogens with zero attached hydrogens (tertiary/aromatic N) is 1. The van der Waals surface area contributed by atoms with Gasteiger partial charge in [0.2, 0.25) is 0 Å². The Morgan fingerprint density at radius 3 is 2.19 bits per heavy atom. The van der Waals surface area contributed by atoms with Crippen LogP contribution in [0.5, 0.6) is 0 Å². The van der Waals surface area contributed by atoms with Crippen LogP contribution >= 0.6 is 27.5 Å². The Labute approximate surface area is 135 Å². The molecular formula is C15H11BrClNO3. The Morgan fingerprint density at radius 2 is 1.67 bits per heavy atom. The zero-order valence-corrected chi connectivity index (χ0v) is 13.4. The number of carbonyl (C=O) groups excluding carboxylic acids is 1. The molecule has 0 bridgehead atoms. The summed E-state index contributed by atoms with van der Waals surface area (Å²) in [4.78, 5) is 24.6. The lowest BCUT2D eigenvalue weighted by molar-refractivity contribution is 0.0696. The van der Waals surface area contributed by atoms with Crippen LogP contribution in [-0.2, 0) is 0 Å². The van der Waals surface area contributed by atoms with Crippen LogP contribution in [0.3, 0.4) is 0 Å². The van der Waals surface area contributed by atoms with Crippen LogP contribution in [0.15, 0.2) is 46.9 Å². The molecule has 2 aromatic rings. The van der Waals surface area contributed by atoms with Gasteiger partial charge in [0.1, 0.15) is 0 Å². The lowest BCUT2D eigenvalue weighted by Gasteiger charge is -2.18. The van der Waals surface area contributed by atoms with Crippen molar-refractivity contribution in [2.24, 2.45) is 0 Å². The predicted octanol–water partition coefficient (Wildman–Crippen LogP) is 4.08. The van der Waals surface area contributed by atoms with Gasteiger partial charge in [-0.3, -0.25) is 4.79 Å². The molecule has 4 nitrogen and oxygen atoms in total. The van der Waals surface area contributed by atoms with Gasteiger partial charge < -0.3 is 10.0 Å². The van der Waals surface area contributed by atoms with Crippen LogP contribution in [0.1, 0.15) is 20.7 Å². The van der Waals surface area contributed by atoms with E-state index in [1.807, 2.05) is 0 Å². The summed E-state index contributed by atoms with van der Waals surface area (Å²) >= 11 is 9.18. The number of carboxylic acids is 1. The smallest absolute Gasteiger partial charge is 0.335 e. The van der Waals surface area contributed by atoms with Crippen molar-refractivity contribution in [2.45, 2.75) is 0 Å². The lowest BCUT2D eigenvalue weighted by atomic mass is 10.1. The molecule has 2 aromatic carbocycles. The van der Waals surface area contributed by atoms with Crippen molar-refractivity contribution in [1.82, 2.24) is 0 Å². The maximum atomic E-state index is 12.4. The number of amides is 1. The van der Waals surface area contributed by atoms with Crippen LogP contribution in [0, 0.1) is 0 Å². The van der Waals surface area contributed by atoms with Crippen molar-refractivity contribution in [2.75, 3.05) is 11.9 Å². The van der Waals surface area contributed by atoms with Gasteiger partial charge in [-0.15, -0.1) is 0 Å². The first kappa shape index (κ1) is 15.5. The second kappa shape index (κ2) is 6.28. The molecule has 0 radical (unpaired) electrons. The maximum absolute atomic E-state index is 12.4. The Bertz CT molecular complexity index is 701. The van der Waals surface area contributed by atoms with Crippen molar-refractivity contribution in [3.63, 3.8) is 0 Å². The highest BCUT2D eigenvalue weighted by molar-refractivity contribution is 9.10. The quantitative estimate of drug-likeness (QED) is 0.888. The number of carbonyl (C=O) groups is 2. The number of carboxylic acid groups (broad SMARTS) is 1. The molecular weight excluding hydrogens is 358 g/mol. The van der Waals surface area contributed by atoms with Crippen LogP contribution in [0.25, 0.3) is 0 Å². The van der Waals surface area contributed by atoms with Gasteiger partial charge in [-0.1, -0.05) is 11.6 Å². The Hall–Kier alpha value is -1.85. The highest BCUT2D eigenvalue weighted by atomic mass is 79.9. The molecule has 2 rings (SSSR count). The van der Waals surface area contributed by atoms with Crippen LogP contribution in [-0.4, -0.2) is 24.0 Å². The molecule has 0 heterocycles. The Balaban J connectivity index is 2.25. The number of hydrogen-bond acceptors (Lipinski definition) is 2. The average Bonchev–Trinajstić information content (AvgIpc) is 2.48. The highest BCUT2D eigenvalue weighted by Gasteiger charge is 2.15. The minimum atomic E-state index is -1.00. The van der Waals surface area contributed by atoms with E-state index in [9.17, 15) is 9.59 Å². The molecule has 0 spiro atoms. The molecule has 0 fully saturated rings. The molecule has 0 aromatic heterocycles. The largest absolute Gasteiger partial charge is 0.478 e. The van der Waals surface area contributed by atoms with E-state index in [0.717, 1.165) is 0 Å². The molecule has 21 heavy (non-hydrogen) atoms. The average molecular weight is 369 g/mol. The third-order valence-corrected chi connectivity index (χ3v) is 4.19. The van der Waals surface area contributed by atoms with Crippen molar-refractivity contribution < 1.29 is 14.7 Å². The SMILES string of the molecule is CN(C(=O)c1ccc(Cl)c(Br)c1)c1ccc(C(=O)O)cc1. The Kier molecular flexibility index (Phi) is 4.65. The van der Waals surface area contributed by atoms with E-state index in [1.54, 1.807) is 37.4 Å². The fourth-order valence-electron chi connectivity index (χ4n) is 1.77. The Morgan fingerprint density at radius 1 is 1.10 bits per heavy atom. The summed E-state index contributed by atoms with van der Waals surface area (Å²) in [5, 5.41) is 9.39. The van der Waals surface area contributed by atoms with Crippen molar-refractivity contribution >= 4 is 45.1 Å². The molecule has 0 atom stereocenters. The lowest BCUT2D eigenvalue weighted by Crippen LogP contribution is -2.26. The van der Waals surface area contributed by atoms with Gasteiger partial charge in [0.25, 0.3) is 5.91 Å². The molecule has 6 heteroatoms. The van der Waals surface area contributed by atoms with E-state index in [2.05, 4.69) is 15.9 Å². The van der Waals surface area contributed by atoms with Crippen molar-refractivity contribution in [3.05, 3.63) is 63.1 Å². The molecule has 0 saturated carbocycles. The summed E-state index contributed by atoms with van der Waals surface area (Å²) in [6.07, 6.45) is 0. The van der Waals surface area contributed by atoms with E-state index in [0.29, 0.717) is 20.7 Å². The number of halogens is 2. The molecule has 0 aliphatic heterocycles. The summed E-state index contributed by atoms with van der Waals surface area (Å²) in [6.45, 7) is 0. The summed E-state index contributed by atoms with van der Waals surface area (Å²) in [5.74, 6) is -1.22. The second-order valence-corrected chi connectivity index (χ2v) is 5.61. The van der Waals surface area contributed by atoms with E-state index in [-0.39, 0.29) is 11.5 Å². The number of benzene rings is 2. The number of hydrogen-bond donors (Lipinski definition) is 1. The van der Waals surface area contributed by atoms with E-state index in [4.69, 9.17) is 16.7 Å². The molecule has 0 unspecified atom stereocenters. The van der Waals surface area contributed by atoms with E-state index in [1.165, 1.54) is 17.0 Å². The topological polar surface area (TPSA) is 57.6 Å². The van der Waals surface area contributed by atoms with E-state index < -0.39 is 5.97 Å². The summed E-state index contributed by atoms with van der Waals surface area (Å²) in [6, 6.07) is 11.0. The van der Waals surface area contributed by atoms with Crippen molar-refractivity contribution in [1.29, 1.82) is 0 Å². The third-order valence-electron chi connectivity index (χ3n) is 2.97. The minimum Gasteiger partial charge on any atom is -0.478 e. The fraction of sp³-hybridized carbons (Fsp3) is 0.0667. The van der Waals surface area contributed by atoms with Gasteiger partial charge in [0, 0.05) is 22.8 Å². The maximum Gasteiger partial charge on any atom is 0.335 e. The summed E-state index contributed by atoms with van der Waals surface area (Å²) < 4.78 is 0.643. The molecule has 0 saturated heterocycles. The molecule has 0 aliphatic rings. The number of anilines is 1. The summed E-state index contributed by atoms with van der Waals surface area (Å²) in [7, 11) is 1.63. The number of rotatable bonds is 3. The van der Waals surface area contributed by atoms with Crippen LogP contribution in [0.2, 0.25) is 5.02 Å². The summed E-state index contributed by atoms with van der Waals surface area (Å²) in [5.41, 5.74) is 1.26. The molecule has 0 aliphatic carbocycles. The first-order valence-corrected chi connectivity index (χ1v) is 7.13. The second-order valence-electron chi connectivity index (χ2n) is 4.35. The standard InChI is InChI=1S/C15H11BrClNO3/c1-18(11-5-2-9(3-6-11)15(20)21)14(19)10-4-7-13(17)12(16)8-10/h2-8H,1H3,(H,20,21). The van der Waals surface area contributed by atoms with Gasteiger partial charge in [-0.2, -0.15) is 0 Å². The minimum absolute atomic E-state index is 0.175. The predicted molar refractivity (Wildman–Crippen MR) is 85.3 cm³/mol. The number of aromatic carboxylic acids is 1. The zero-order chi connectivity index (χ0) is 15.6. The first-order chi connectivity index (χ1) is 9.90. The normalized spacial score (nSPS) is 10.2. The fourth-order valence-corrected chi connectivity index (χ4v) is 2.26. The van der Waals surface area contributed by atoms with Gasteiger partial charge in [-0.25, -0.2) is 4.79 Å². The van der Waals surface area contributed by atoms with Crippen molar-refractivity contribution in [3.8, 4) is 0 Å². The third kappa shape index (κ3) is 3.43. The highest BCUT2D eigenvalue weighted by Crippen LogP contribution is 2.25. The first-order valence-electron chi connectivity index (χ1n) is 5.96. The zero-order valence-electron chi connectivity index (χ0n) is 11.0. The van der Waals surface area contributed by atoms with Gasteiger partial charge in [0.05, 0.1) is 10.6 Å². The van der Waals surface area contributed by atoms with Crippen LogP contribution < -0.4 is 4.90 Å².